The van der Waals surface area contributed by atoms with Gasteiger partial charge in [-0.25, -0.2) is 8.42 Å². The van der Waals surface area contributed by atoms with Crippen molar-refractivity contribution < 1.29 is 21.0 Å². The molecule has 0 atom stereocenters. The minimum atomic E-state index is -3.51. The molecule has 122 valence electrons. The lowest BCUT2D eigenvalue weighted by atomic mass is 10.2. The van der Waals surface area contributed by atoms with Crippen molar-refractivity contribution in [3.05, 3.63) is 29.8 Å². The summed E-state index contributed by atoms with van der Waals surface area (Å²) in [5, 5.41) is 0. The van der Waals surface area contributed by atoms with E-state index in [1.165, 1.54) is 16.4 Å². The second-order valence-corrected chi connectivity index (χ2v) is 7.96. The molecule has 0 saturated carbocycles. The summed E-state index contributed by atoms with van der Waals surface area (Å²) >= 11 is 0. The van der Waals surface area contributed by atoms with Crippen molar-refractivity contribution in [1.82, 2.24) is 4.31 Å². The monoisotopic (exact) mass is 345 g/mol. The average Bonchev–Trinajstić information content (AvgIpc) is 2.44. The summed E-state index contributed by atoms with van der Waals surface area (Å²) in [5.41, 5.74) is 0.579. The standard InChI is InChI=1S/C14H19NO5S2/c1-4-15(5-2)22(18,19)14-10-8-13(9-11-14)7-6-12-20-21(3,16)17/h8-11H,4-5,12H2,1-3H3. The first-order valence-electron chi connectivity index (χ1n) is 6.64. The van der Waals surface area contributed by atoms with Crippen LogP contribution in [0, 0.1) is 11.8 Å². The molecular formula is C14H19NO5S2. The fraction of sp³-hybridized carbons (Fsp3) is 0.429. The molecule has 0 amide bonds. The van der Waals surface area contributed by atoms with Crippen LogP contribution in [0.1, 0.15) is 19.4 Å². The third-order valence-corrected chi connectivity index (χ3v) is 5.39. The van der Waals surface area contributed by atoms with Crippen LogP contribution in [0.15, 0.2) is 29.2 Å². The van der Waals surface area contributed by atoms with E-state index >= 15 is 0 Å². The van der Waals surface area contributed by atoms with E-state index in [-0.39, 0.29) is 11.5 Å². The van der Waals surface area contributed by atoms with Crippen molar-refractivity contribution >= 4 is 20.1 Å². The Balaban J connectivity index is 2.86. The highest BCUT2D eigenvalue weighted by Crippen LogP contribution is 2.15. The van der Waals surface area contributed by atoms with Gasteiger partial charge in [0.2, 0.25) is 10.0 Å². The van der Waals surface area contributed by atoms with Crippen molar-refractivity contribution in [3.63, 3.8) is 0 Å². The molecule has 0 radical (unpaired) electrons. The summed E-state index contributed by atoms with van der Waals surface area (Å²) in [6.07, 6.45) is 0.946. The van der Waals surface area contributed by atoms with Crippen molar-refractivity contribution in [2.24, 2.45) is 0 Å². The molecule has 0 N–H and O–H groups in total. The molecule has 8 heteroatoms. The molecule has 0 unspecified atom stereocenters. The topological polar surface area (TPSA) is 80.8 Å². The molecule has 1 rings (SSSR count). The summed E-state index contributed by atoms with van der Waals surface area (Å²) in [7, 11) is -6.99. The van der Waals surface area contributed by atoms with Crippen LogP contribution in [0.2, 0.25) is 0 Å². The minimum absolute atomic E-state index is 0.203. The molecule has 0 aliphatic carbocycles. The summed E-state index contributed by atoms with van der Waals surface area (Å²) in [6.45, 7) is 4.14. The van der Waals surface area contributed by atoms with Crippen LogP contribution >= 0.6 is 0 Å². The van der Waals surface area contributed by atoms with Gasteiger partial charge >= 0.3 is 0 Å². The molecule has 1 aromatic rings. The third-order valence-electron chi connectivity index (χ3n) is 2.78. The second-order valence-electron chi connectivity index (χ2n) is 4.38. The van der Waals surface area contributed by atoms with Gasteiger partial charge in [0.05, 0.1) is 11.2 Å². The van der Waals surface area contributed by atoms with Crippen LogP contribution in [-0.4, -0.2) is 47.1 Å². The average molecular weight is 345 g/mol. The predicted molar refractivity (Wildman–Crippen MR) is 84.2 cm³/mol. The summed E-state index contributed by atoms with van der Waals surface area (Å²) < 4.78 is 51.9. The Hall–Kier alpha value is -1.40. The molecule has 0 aromatic heterocycles. The summed E-state index contributed by atoms with van der Waals surface area (Å²) in [6, 6.07) is 6.11. The van der Waals surface area contributed by atoms with Gasteiger partial charge in [0.25, 0.3) is 10.1 Å². The Morgan fingerprint density at radius 1 is 1.05 bits per heavy atom. The zero-order valence-corrected chi connectivity index (χ0v) is 14.4. The van der Waals surface area contributed by atoms with Crippen molar-refractivity contribution in [3.8, 4) is 11.8 Å². The number of hydrogen-bond donors (Lipinski definition) is 0. The van der Waals surface area contributed by atoms with Gasteiger partial charge in [-0.1, -0.05) is 25.7 Å². The lowest BCUT2D eigenvalue weighted by Crippen LogP contribution is -2.30. The molecule has 0 aliphatic heterocycles. The maximum absolute atomic E-state index is 12.3. The molecule has 22 heavy (non-hydrogen) atoms. The van der Waals surface area contributed by atoms with Gasteiger partial charge in [-0.2, -0.15) is 12.7 Å². The maximum atomic E-state index is 12.3. The molecule has 0 fully saturated rings. The van der Waals surface area contributed by atoms with Gasteiger partial charge in [-0.3, -0.25) is 4.18 Å². The van der Waals surface area contributed by atoms with Crippen molar-refractivity contribution in [2.75, 3.05) is 26.0 Å². The lowest BCUT2D eigenvalue weighted by molar-refractivity contribution is 0.368. The van der Waals surface area contributed by atoms with Crippen LogP contribution in [0.3, 0.4) is 0 Å². The Morgan fingerprint density at radius 3 is 2.05 bits per heavy atom. The number of nitrogens with zero attached hydrogens (tertiary/aromatic N) is 1. The third kappa shape index (κ3) is 5.42. The first kappa shape index (κ1) is 18.6. The van der Waals surface area contributed by atoms with E-state index in [9.17, 15) is 16.8 Å². The van der Waals surface area contributed by atoms with Gasteiger partial charge in [0.1, 0.15) is 6.61 Å². The highest BCUT2D eigenvalue weighted by Gasteiger charge is 2.20. The van der Waals surface area contributed by atoms with Crippen molar-refractivity contribution in [1.29, 1.82) is 0 Å². The number of hydrogen-bond acceptors (Lipinski definition) is 5. The van der Waals surface area contributed by atoms with Gasteiger partial charge in [-0.15, -0.1) is 0 Å². The van der Waals surface area contributed by atoms with E-state index in [1.807, 2.05) is 0 Å². The van der Waals surface area contributed by atoms with E-state index in [4.69, 9.17) is 0 Å². The lowest BCUT2D eigenvalue weighted by Gasteiger charge is -2.18. The molecule has 0 bridgehead atoms. The zero-order valence-electron chi connectivity index (χ0n) is 12.7. The van der Waals surface area contributed by atoms with Crippen LogP contribution in [0.5, 0.6) is 0 Å². The molecule has 1 aromatic carbocycles. The van der Waals surface area contributed by atoms with Crippen LogP contribution in [0.25, 0.3) is 0 Å². The first-order valence-corrected chi connectivity index (χ1v) is 9.90. The highest BCUT2D eigenvalue weighted by atomic mass is 32.2. The van der Waals surface area contributed by atoms with Crippen LogP contribution in [-0.2, 0) is 24.3 Å². The van der Waals surface area contributed by atoms with E-state index in [0.29, 0.717) is 18.7 Å². The SMILES string of the molecule is CCN(CC)S(=O)(=O)c1ccc(C#CCOS(C)(=O)=O)cc1. The predicted octanol–water partition coefficient (Wildman–Crippen LogP) is 1.04. The van der Waals surface area contributed by atoms with E-state index in [2.05, 4.69) is 16.0 Å². The van der Waals surface area contributed by atoms with E-state index < -0.39 is 20.1 Å². The molecule has 0 saturated heterocycles. The molecule has 6 nitrogen and oxygen atoms in total. The van der Waals surface area contributed by atoms with Gasteiger partial charge in [0.15, 0.2) is 0 Å². The Labute approximate surface area is 132 Å². The highest BCUT2D eigenvalue weighted by molar-refractivity contribution is 7.89. The Morgan fingerprint density at radius 2 is 1.59 bits per heavy atom. The van der Waals surface area contributed by atoms with Crippen LogP contribution in [0.4, 0.5) is 0 Å². The fourth-order valence-electron chi connectivity index (χ4n) is 1.70. The van der Waals surface area contributed by atoms with Gasteiger partial charge in [0, 0.05) is 18.7 Å². The minimum Gasteiger partial charge on any atom is -0.257 e. The number of benzene rings is 1. The summed E-state index contributed by atoms with van der Waals surface area (Å²) in [4.78, 5) is 0.203. The smallest absolute Gasteiger partial charge is 0.257 e. The van der Waals surface area contributed by atoms with E-state index in [0.717, 1.165) is 6.26 Å². The van der Waals surface area contributed by atoms with Gasteiger partial charge in [-0.05, 0) is 24.3 Å². The van der Waals surface area contributed by atoms with Crippen LogP contribution < -0.4 is 0 Å². The van der Waals surface area contributed by atoms with Crippen molar-refractivity contribution in [2.45, 2.75) is 18.7 Å². The van der Waals surface area contributed by atoms with Gasteiger partial charge < -0.3 is 0 Å². The maximum Gasteiger partial charge on any atom is 0.265 e. The molecular weight excluding hydrogens is 326 g/mol. The largest absolute Gasteiger partial charge is 0.265 e. The molecule has 0 spiro atoms. The number of sulfonamides is 1. The first-order chi connectivity index (χ1) is 10.2. The molecule has 0 aliphatic rings. The quantitative estimate of drug-likeness (QED) is 0.568. The summed E-state index contributed by atoms with van der Waals surface area (Å²) in [5.74, 6) is 5.26. The molecule has 0 heterocycles. The zero-order chi connectivity index (χ0) is 16.8. The number of rotatable bonds is 6. The normalized spacial score (nSPS) is 12.0. The fourth-order valence-corrected chi connectivity index (χ4v) is 3.43. The Bertz CT molecular complexity index is 752. The second kappa shape index (κ2) is 7.74. The van der Waals surface area contributed by atoms with E-state index in [1.54, 1.807) is 26.0 Å². The Kier molecular flexibility index (Phi) is 6.56.